The fourth-order valence-electron chi connectivity index (χ4n) is 7.25. The molecule has 0 nitrogen and oxygen atoms in total. The summed E-state index contributed by atoms with van der Waals surface area (Å²) in [6, 6.07) is 32.3. The molecule has 42 heavy (non-hydrogen) atoms. The summed E-state index contributed by atoms with van der Waals surface area (Å²) < 4.78 is 0. The Morgan fingerprint density at radius 3 is 1.76 bits per heavy atom. The average Bonchev–Trinajstić information content (AvgIpc) is 3.51. The van der Waals surface area contributed by atoms with Crippen molar-refractivity contribution < 1.29 is 0 Å². The molecule has 0 radical (unpaired) electrons. The van der Waals surface area contributed by atoms with Crippen LogP contribution in [0.15, 0.2) is 96.6 Å². The van der Waals surface area contributed by atoms with Crippen LogP contribution in [0.3, 0.4) is 0 Å². The Kier molecular flexibility index (Phi) is 7.22. The van der Waals surface area contributed by atoms with E-state index in [2.05, 4.69) is 163 Å². The van der Waals surface area contributed by atoms with Crippen molar-refractivity contribution in [2.45, 2.75) is 77.3 Å². The van der Waals surface area contributed by atoms with E-state index in [9.17, 15) is 0 Å². The normalized spacial score (nSPS) is 17.6. The Morgan fingerprint density at radius 2 is 1.19 bits per heavy atom. The predicted molar refractivity (Wildman–Crippen MR) is 187 cm³/mol. The van der Waals surface area contributed by atoms with E-state index in [4.69, 9.17) is 0 Å². The van der Waals surface area contributed by atoms with E-state index in [1.807, 2.05) is 0 Å². The number of hydrogen-bond donors (Lipinski definition) is 0. The predicted octanol–water partition coefficient (Wildman–Crippen LogP) is 11.0. The zero-order chi connectivity index (χ0) is 29.8. The van der Waals surface area contributed by atoms with Gasteiger partial charge >= 0.3 is 0 Å². The lowest BCUT2D eigenvalue weighted by molar-refractivity contribution is 0.590. The molecule has 6 rings (SSSR count). The first kappa shape index (κ1) is 28.6. The number of fused-ring (bicyclic) bond motifs is 2. The SMILES string of the molecule is CC1=Cc2c(-c3ccc(C(C)(C)C=[Si](C)C)cc3)cccc2C1C1C=Cc2c(-c3ccc(C(C)(C)C)cc3)cccc21. The van der Waals surface area contributed by atoms with Gasteiger partial charge < -0.3 is 0 Å². The highest BCUT2D eigenvalue weighted by molar-refractivity contribution is 6.64. The van der Waals surface area contributed by atoms with Crippen LogP contribution in [0.2, 0.25) is 13.1 Å². The molecule has 0 saturated heterocycles. The molecule has 2 aliphatic rings. The van der Waals surface area contributed by atoms with Gasteiger partial charge in [-0.05, 0) is 76.4 Å². The van der Waals surface area contributed by atoms with Crippen LogP contribution in [0.1, 0.15) is 86.8 Å². The molecule has 0 spiro atoms. The molecule has 0 aromatic heterocycles. The second-order valence-electron chi connectivity index (χ2n) is 14.2. The largest absolute Gasteiger partial charge is 0.0942 e. The molecule has 2 unspecified atom stereocenters. The molecule has 0 saturated carbocycles. The lowest BCUT2D eigenvalue weighted by Gasteiger charge is -2.24. The molecule has 0 N–H and O–H groups in total. The Labute approximate surface area is 255 Å². The zero-order valence-electron chi connectivity index (χ0n) is 26.5. The third-order valence-corrected chi connectivity index (χ3v) is 10.6. The van der Waals surface area contributed by atoms with Gasteiger partial charge in [-0.25, -0.2) is 0 Å². The average molecular weight is 565 g/mol. The molecule has 4 aromatic rings. The maximum atomic E-state index is 2.54. The third kappa shape index (κ3) is 5.13. The van der Waals surface area contributed by atoms with Gasteiger partial charge in [0.1, 0.15) is 0 Å². The molecule has 0 heterocycles. The van der Waals surface area contributed by atoms with Crippen molar-refractivity contribution >= 4 is 26.2 Å². The van der Waals surface area contributed by atoms with Crippen LogP contribution >= 0.6 is 0 Å². The van der Waals surface area contributed by atoms with Crippen molar-refractivity contribution in [1.29, 1.82) is 0 Å². The number of rotatable bonds is 5. The Balaban J connectivity index is 1.33. The van der Waals surface area contributed by atoms with Crippen LogP contribution in [0.4, 0.5) is 0 Å². The highest BCUT2D eigenvalue weighted by atomic mass is 28.2. The smallest absolute Gasteiger partial charge is 0.0159 e. The summed E-state index contributed by atoms with van der Waals surface area (Å²) in [4.78, 5) is 0. The summed E-state index contributed by atoms with van der Waals surface area (Å²) in [5.74, 6) is 0.706. The Bertz CT molecular complexity index is 1730. The molecule has 0 aliphatic heterocycles. The van der Waals surface area contributed by atoms with E-state index in [0.29, 0.717) is 11.8 Å². The third-order valence-electron chi connectivity index (χ3n) is 9.32. The molecule has 4 aromatic carbocycles. The van der Waals surface area contributed by atoms with Crippen LogP contribution in [-0.4, -0.2) is 14.1 Å². The lowest BCUT2D eigenvalue weighted by Crippen LogP contribution is -2.22. The number of benzene rings is 4. The monoisotopic (exact) mass is 564 g/mol. The molecule has 2 atom stereocenters. The second kappa shape index (κ2) is 10.6. The molecular weight excluding hydrogens is 521 g/mol. The first-order chi connectivity index (χ1) is 19.9. The standard InChI is InChI=1S/C41H44Si/c1-27-25-38-33(29-17-21-31(22-18-29)41(5,6)26-42(7)8)12-10-14-36(38)39(27)37-24-23-35-32(11-9-13-34(35)37)28-15-19-30(20-16-28)40(2,3)4/h9-26,37,39H,1-8H3. The maximum Gasteiger partial charge on any atom is 0.0159 e. The minimum Gasteiger partial charge on any atom is -0.0942 e. The van der Waals surface area contributed by atoms with Crippen LogP contribution in [0.5, 0.6) is 0 Å². The highest BCUT2D eigenvalue weighted by Gasteiger charge is 2.34. The fraction of sp³-hybridized carbons (Fsp3) is 0.293. The van der Waals surface area contributed by atoms with E-state index < -0.39 is 8.41 Å². The summed E-state index contributed by atoms with van der Waals surface area (Å²) in [6.45, 7) is 18.6. The molecule has 2 aliphatic carbocycles. The molecule has 0 fully saturated rings. The van der Waals surface area contributed by atoms with Gasteiger partial charge in [0.05, 0.1) is 0 Å². The molecule has 1 heteroatoms. The highest BCUT2D eigenvalue weighted by Crippen LogP contribution is 2.52. The van der Waals surface area contributed by atoms with Gasteiger partial charge in [-0.1, -0.05) is 162 Å². The van der Waals surface area contributed by atoms with E-state index in [-0.39, 0.29) is 10.8 Å². The summed E-state index contributed by atoms with van der Waals surface area (Å²) in [7, 11) is -0.413. The van der Waals surface area contributed by atoms with Crippen LogP contribution in [-0.2, 0) is 10.8 Å². The van der Waals surface area contributed by atoms with Gasteiger partial charge in [-0.15, -0.1) is 0 Å². The zero-order valence-corrected chi connectivity index (χ0v) is 27.5. The van der Waals surface area contributed by atoms with Crippen molar-refractivity contribution in [2.24, 2.45) is 0 Å². The lowest BCUT2D eigenvalue weighted by atomic mass is 9.79. The number of allylic oxidation sites excluding steroid dienone is 2. The van der Waals surface area contributed by atoms with Gasteiger partial charge in [-0.2, -0.15) is 0 Å². The van der Waals surface area contributed by atoms with Crippen LogP contribution in [0.25, 0.3) is 34.4 Å². The Morgan fingerprint density at radius 1 is 0.643 bits per heavy atom. The first-order valence-electron chi connectivity index (χ1n) is 15.4. The van der Waals surface area contributed by atoms with E-state index >= 15 is 0 Å². The van der Waals surface area contributed by atoms with Gasteiger partial charge in [0.2, 0.25) is 0 Å². The van der Waals surface area contributed by atoms with Crippen molar-refractivity contribution in [3.8, 4) is 22.3 Å². The van der Waals surface area contributed by atoms with E-state index in [1.54, 1.807) is 0 Å². The van der Waals surface area contributed by atoms with Gasteiger partial charge in [0, 0.05) is 17.3 Å². The Hall–Kier alpha value is -3.55. The van der Waals surface area contributed by atoms with Crippen molar-refractivity contribution in [3.63, 3.8) is 0 Å². The second-order valence-corrected chi connectivity index (χ2v) is 16.7. The summed E-state index contributed by atoms with van der Waals surface area (Å²) in [6.07, 6.45) is 7.27. The first-order valence-corrected chi connectivity index (χ1v) is 18.0. The van der Waals surface area contributed by atoms with Crippen molar-refractivity contribution in [3.05, 3.63) is 130 Å². The van der Waals surface area contributed by atoms with Gasteiger partial charge in [-0.3, -0.25) is 0 Å². The summed E-state index contributed by atoms with van der Waals surface area (Å²) in [5.41, 5.74) is 18.0. The summed E-state index contributed by atoms with van der Waals surface area (Å²) >= 11 is 0. The minimum absolute atomic E-state index is 0.103. The quantitative estimate of drug-likeness (QED) is 0.211. The van der Waals surface area contributed by atoms with Crippen LogP contribution in [0, 0.1) is 0 Å². The van der Waals surface area contributed by atoms with E-state index in [0.717, 1.165) is 0 Å². The van der Waals surface area contributed by atoms with Gasteiger partial charge in [0.15, 0.2) is 0 Å². The minimum atomic E-state index is -0.413. The topological polar surface area (TPSA) is 0 Å². The molecule has 0 bridgehead atoms. The maximum absolute atomic E-state index is 2.54. The van der Waals surface area contributed by atoms with Crippen LogP contribution < -0.4 is 0 Å². The fourth-order valence-corrected chi connectivity index (χ4v) is 8.86. The number of hydrogen-bond acceptors (Lipinski definition) is 0. The molecule has 212 valence electrons. The van der Waals surface area contributed by atoms with Crippen molar-refractivity contribution in [2.75, 3.05) is 0 Å². The van der Waals surface area contributed by atoms with Crippen molar-refractivity contribution in [1.82, 2.24) is 0 Å². The van der Waals surface area contributed by atoms with E-state index in [1.165, 1.54) is 61.2 Å². The molecule has 0 amide bonds. The summed E-state index contributed by atoms with van der Waals surface area (Å²) in [5, 5.41) is 0. The van der Waals surface area contributed by atoms with Gasteiger partial charge in [0.25, 0.3) is 0 Å². The molecular formula is C41H44Si.